The minimum Gasteiger partial charge on any atom is -0.258 e. The lowest BCUT2D eigenvalue weighted by molar-refractivity contribution is 0.351. The van der Waals surface area contributed by atoms with Crippen molar-refractivity contribution in [2.24, 2.45) is 9.98 Å². The fourth-order valence-corrected chi connectivity index (χ4v) is 13.2. The van der Waals surface area contributed by atoms with E-state index in [9.17, 15) is 0 Å². The number of aromatic nitrogens is 2. The van der Waals surface area contributed by atoms with Crippen LogP contribution in [-0.2, 0) is 5.41 Å². The maximum absolute atomic E-state index is 7.02. The van der Waals surface area contributed by atoms with Crippen LogP contribution in [-0.4, -0.2) is 21.5 Å². The Labute approximate surface area is 468 Å². The van der Waals surface area contributed by atoms with Crippen molar-refractivity contribution in [2.75, 3.05) is 0 Å². The molecule has 1 fully saturated rings. The van der Waals surface area contributed by atoms with Crippen LogP contribution in [0.5, 0.6) is 0 Å². The minimum atomic E-state index is -0.0907. The van der Waals surface area contributed by atoms with Crippen LogP contribution in [0.4, 0.5) is 0 Å². The topological polar surface area (TPSA) is 50.5 Å². The molecule has 4 aliphatic rings. The first kappa shape index (κ1) is 48.5. The summed E-state index contributed by atoms with van der Waals surface area (Å²) in [6.45, 7) is 0. The fourth-order valence-electron chi connectivity index (χ4n) is 13.0. The molecule has 5 heteroatoms. The molecule has 0 saturated heterocycles. The summed E-state index contributed by atoms with van der Waals surface area (Å²) in [4.78, 5) is 21.2. The van der Waals surface area contributed by atoms with E-state index in [2.05, 4.69) is 224 Å². The van der Waals surface area contributed by atoms with Gasteiger partial charge in [-0.25, -0.2) is 15.0 Å². The van der Waals surface area contributed by atoms with Crippen molar-refractivity contribution in [3.05, 3.63) is 287 Å². The van der Waals surface area contributed by atoms with Crippen molar-refractivity contribution < 1.29 is 0 Å². The Kier molecular flexibility index (Phi) is 12.8. The van der Waals surface area contributed by atoms with Crippen molar-refractivity contribution in [3.8, 4) is 67.3 Å². The predicted octanol–water partition coefficient (Wildman–Crippen LogP) is 19.4. The number of aliphatic imine (C=N–C) groups is 2. The molecule has 0 bridgehead atoms. The quantitative estimate of drug-likeness (QED) is 0.137. The van der Waals surface area contributed by atoms with Crippen molar-refractivity contribution in [3.63, 3.8) is 0 Å². The zero-order chi connectivity index (χ0) is 52.7. The van der Waals surface area contributed by atoms with Gasteiger partial charge in [-0.05, 0) is 140 Å². The molecule has 3 aliphatic carbocycles. The molecular weight excluding hydrogens is 980 g/mol. The molecular formula is C74H57ClN4. The number of halogens is 1. The molecule has 9 aromatic carbocycles. The van der Waals surface area contributed by atoms with Crippen molar-refractivity contribution >= 4 is 34.3 Å². The lowest BCUT2D eigenvalue weighted by atomic mass is 9.64. The van der Waals surface area contributed by atoms with E-state index in [1.54, 1.807) is 16.7 Å². The third-order valence-corrected chi connectivity index (χ3v) is 17.0. The third kappa shape index (κ3) is 9.40. The highest BCUT2D eigenvalue weighted by molar-refractivity contribution is 6.31. The van der Waals surface area contributed by atoms with Gasteiger partial charge < -0.3 is 0 Å². The van der Waals surface area contributed by atoms with Gasteiger partial charge in [-0.3, -0.25) is 4.99 Å². The molecule has 1 aromatic heterocycles. The summed E-state index contributed by atoms with van der Waals surface area (Å²) in [6.07, 6.45) is 11.7. The normalized spacial score (nSPS) is 16.4. The van der Waals surface area contributed by atoms with Crippen molar-refractivity contribution in [1.29, 1.82) is 0 Å². The molecule has 380 valence electrons. The van der Waals surface area contributed by atoms with E-state index >= 15 is 0 Å². The largest absolute Gasteiger partial charge is 0.258 e. The number of fused-ring (bicyclic) bond motifs is 4. The van der Waals surface area contributed by atoms with Crippen LogP contribution in [0, 0.1) is 0 Å². The molecule has 1 atom stereocenters. The predicted molar refractivity (Wildman–Crippen MR) is 328 cm³/mol. The smallest absolute Gasteiger partial charge is 0.160 e. The second-order valence-electron chi connectivity index (χ2n) is 21.6. The molecule has 0 radical (unpaired) electrons. The summed E-state index contributed by atoms with van der Waals surface area (Å²) in [5.74, 6) is 1.40. The Balaban J connectivity index is 0.772. The van der Waals surface area contributed by atoms with Crippen LogP contribution in [0.25, 0.3) is 78.4 Å². The van der Waals surface area contributed by atoms with Gasteiger partial charge in [-0.2, -0.15) is 0 Å². The minimum absolute atomic E-state index is 0.0892. The van der Waals surface area contributed by atoms with Gasteiger partial charge in [0.2, 0.25) is 0 Å². The van der Waals surface area contributed by atoms with Gasteiger partial charge in [0.1, 0.15) is 0 Å². The van der Waals surface area contributed by atoms with Gasteiger partial charge in [0.25, 0.3) is 0 Å². The van der Waals surface area contributed by atoms with Crippen LogP contribution >= 0.6 is 11.6 Å². The van der Waals surface area contributed by atoms with E-state index in [1.807, 2.05) is 18.2 Å². The zero-order valence-corrected chi connectivity index (χ0v) is 44.8. The number of amidine groups is 1. The molecule has 1 saturated carbocycles. The summed E-state index contributed by atoms with van der Waals surface area (Å²) in [5, 5.41) is 0.631. The van der Waals surface area contributed by atoms with Gasteiger partial charge in [0.05, 0.1) is 23.1 Å². The molecule has 4 nitrogen and oxygen atoms in total. The Hall–Kier alpha value is -8.83. The lowest BCUT2D eigenvalue weighted by Crippen LogP contribution is -2.30. The molecule has 1 unspecified atom stereocenters. The molecule has 79 heavy (non-hydrogen) atoms. The Morgan fingerprint density at radius 1 is 0.430 bits per heavy atom. The van der Waals surface area contributed by atoms with Crippen LogP contribution in [0.15, 0.2) is 258 Å². The lowest BCUT2D eigenvalue weighted by Gasteiger charge is -2.39. The van der Waals surface area contributed by atoms with E-state index in [1.165, 1.54) is 59.9 Å². The first-order valence-corrected chi connectivity index (χ1v) is 28.4. The van der Waals surface area contributed by atoms with E-state index < -0.39 is 0 Å². The summed E-state index contributed by atoms with van der Waals surface area (Å²) in [7, 11) is 0. The van der Waals surface area contributed by atoms with Gasteiger partial charge in [-0.15, -0.1) is 0 Å². The first-order valence-electron chi connectivity index (χ1n) is 28.0. The maximum Gasteiger partial charge on any atom is 0.160 e. The third-order valence-electron chi connectivity index (χ3n) is 16.8. The summed E-state index contributed by atoms with van der Waals surface area (Å²) < 4.78 is 0. The molecule has 1 spiro atoms. The highest BCUT2D eigenvalue weighted by atomic mass is 35.5. The molecule has 14 rings (SSSR count). The second kappa shape index (κ2) is 20.8. The summed E-state index contributed by atoms with van der Waals surface area (Å²) >= 11 is 7.02. The average molecular weight is 1040 g/mol. The Morgan fingerprint density at radius 3 is 1.70 bits per heavy atom. The molecule has 0 amide bonds. The van der Waals surface area contributed by atoms with E-state index in [4.69, 9.17) is 31.6 Å². The van der Waals surface area contributed by atoms with E-state index in [0.717, 1.165) is 91.4 Å². The Bertz CT molecular complexity index is 4050. The van der Waals surface area contributed by atoms with Crippen LogP contribution in [0.3, 0.4) is 0 Å². The van der Waals surface area contributed by atoms with Gasteiger partial charge in [0, 0.05) is 39.1 Å². The van der Waals surface area contributed by atoms with Crippen LogP contribution in [0.2, 0.25) is 5.02 Å². The van der Waals surface area contributed by atoms with Gasteiger partial charge in [-0.1, -0.05) is 237 Å². The fraction of sp³-hybridized carbons (Fsp3) is 0.135. The van der Waals surface area contributed by atoms with Crippen LogP contribution < -0.4 is 0 Å². The SMILES string of the molecule is Clc1cc(C2=NC(c3ccccc3)CC(c3ccc(-c4ccccc4)cc3)=N2)cc(-c2cccc(-c3ccc(-c4cc(-c5ccccc5)nc(-c5cccc(C6=CCCC7=C6C6(CCCCC6)c6ccccc67)c5)n4)cc3)c2)c1. The Morgan fingerprint density at radius 2 is 0.962 bits per heavy atom. The van der Waals surface area contributed by atoms with E-state index in [0.29, 0.717) is 17.3 Å². The number of benzene rings is 9. The van der Waals surface area contributed by atoms with E-state index in [-0.39, 0.29) is 11.5 Å². The number of rotatable bonds is 10. The second-order valence-corrected chi connectivity index (χ2v) is 22.0. The van der Waals surface area contributed by atoms with Gasteiger partial charge in [0.15, 0.2) is 11.7 Å². The van der Waals surface area contributed by atoms with Crippen molar-refractivity contribution in [1.82, 2.24) is 9.97 Å². The molecule has 2 heterocycles. The number of nitrogens with zero attached hydrogens (tertiary/aromatic N) is 4. The summed E-state index contributed by atoms with van der Waals surface area (Å²) in [5.41, 5.74) is 24.5. The van der Waals surface area contributed by atoms with Gasteiger partial charge >= 0.3 is 0 Å². The monoisotopic (exact) mass is 1040 g/mol. The zero-order valence-electron chi connectivity index (χ0n) is 44.0. The highest BCUT2D eigenvalue weighted by Crippen LogP contribution is 2.60. The standard InChI is InChI=1S/C74H57ClN4/c75-62-45-60(44-61(46-62)73-78-68(53-22-9-3-10-23-53)48-70(79-73)54-36-32-50(33-37-54)49-18-5-1-6-19-49)57-25-15-24-56(42-57)51-34-38-55(39-35-51)69-47-67(52-20-7-2-8-21-52)76-72(77-69)59-27-16-26-58(43-59)63-29-17-30-65-64-28-11-12-31-66(64)74(71(63)65)40-13-4-14-41-74/h1-3,5-12,15-16,18-29,31-39,42-47,68H,4,13-14,17,30,40-41,48H2. The molecule has 10 aromatic rings. The first-order chi connectivity index (χ1) is 39.0. The average Bonchev–Trinajstić information content (AvgIpc) is 3.56. The molecule has 0 N–H and O–H groups in total. The number of allylic oxidation sites excluding steroid dienone is 4. The number of hydrogen-bond acceptors (Lipinski definition) is 4. The molecule has 1 aliphatic heterocycles. The van der Waals surface area contributed by atoms with Crippen molar-refractivity contribution in [2.45, 2.75) is 62.8 Å². The highest BCUT2D eigenvalue weighted by Gasteiger charge is 2.47. The summed E-state index contributed by atoms with van der Waals surface area (Å²) in [6, 6.07) is 84.2. The number of hydrogen-bond donors (Lipinski definition) is 0. The maximum atomic E-state index is 7.02. The van der Waals surface area contributed by atoms with Crippen LogP contribution in [0.1, 0.15) is 90.8 Å².